The average molecular weight is 434 g/mol. The molecule has 0 radical (unpaired) electrons. The molecule has 4 rings (SSSR count). The van der Waals surface area contributed by atoms with Gasteiger partial charge in [-0.2, -0.15) is 13.2 Å². The van der Waals surface area contributed by atoms with Gasteiger partial charge in [-0.1, -0.05) is 13.8 Å². The smallest absolute Gasteiger partial charge is 0.371 e. The van der Waals surface area contributed by atoms with E-state index in [4.69, 9.17) is 0 Å². The number of nitrogens with zero attached hydrogens (tertiary/aromatic N) is 4. The molecule has 0 bridgehead atoms. The minimum atomic E-state index is -4.49. The van der Waals surface area contributed by atoms with Gasteiger partial charge >= 0.3 is 6.18 Å². The number of fused-ring (bicyclic) bond motifs is 1. The summed E-state index contributed by atoms with van der Waals surface area (Å²) < 4.78 is 40.4. The zero-order valence-corrected chi connectivity index (χ0v) is 18.0. The SMILES string of the molecule is Cc1cc(=O)n(C)c2c1CN(C(=O)C(C)(C)C1CN(c3ccnc(C(F)(F)F)c3)C1)C2. The van der Waals surface area contributed by atoms with Crippen molar-refractivity contribution in [2.45, 2.75) is 40.0 Å². The number of anilines is 1. The molecule has 9 heteroatoms. The van der Waals surface area contributed by atoms with Crippen LogP contribution in [0, 0.1) is 18.3 Å². The molecule has 0 atom stereocenters. The molecule has 4 heterocycles. The van der Waals surface area contributed by atoms with Crippen LogP contribution in [0.25, 0.3) is 0 Å². The van der Waals surface area contributed by atoms with E-state index < -0.39 is 17.3 Å². The van der Waals surface area contributed by atoms with Crippen molar-refractivity contribution < 1.29 is 18.0 Å². The number of hydrogen-bond acceptors (Lipinski definition) is 4. The number of amides is 1. The van der Waals surface area contributed by atoms with Gasteiger partial charge in [-0.15, -0.1) is 0 Å². The van der Waals surface area contributed by atoms with Crippen molar-refractivity contribution in [2.75, 3.05) is 18.0 Å². The molecule has 2 aromatic rings. The maximum absolute atomic E-state index is 13.4. The van der Waals surface area contributed by atoms with Gasteiger partial charge in [0.2, 0.25) is 5.91 Å². The lowest BCUT2D eigenvalue weighted by Crippen LogP contribution is -2.57. The summed E-state index contributed by atoms with van der Waals surface area (Å²) in [4.78, 5) is 32.5. The Hall–Kier alpha value is -2.84. The monoisotopic (exact) mass is 434 g/mol. The number of alkyl halides is 3. The molecule has 6 nitrogen and oxygen atoms in total. The molecule has 1 fully saturated rings. The van der Waals surface area contributed by atoms with Gasteiger partial charge in [-0.05, 0) is 30.2 Å². The third-order valence-electron chi connectivity index (χ3n) is 6.73. The van der Waals surface area contributed by atoms with E-state index in [0.29, 0.717) is 31.9 Å². The fraction of sp³-hybridized carbons (Fsp3) is 0.500. The van der Waals surface area contributed by atoms with Crippen molar-refractivity contribution in [1.82, 2.24) is 14.5 Å². The Morgan fingerprint density at radius 3 is 2.48 bits per heavy atom. The molecule has 1 saturated heterocycles. The first-order valence-electron chi connectivity index (χ1n) is 10.2. The van der Waals surface area contributed by atoms with Crippen molar-refractivity contribution in [1.29, 1.82) is 0 Å². The van der Waals surface area contributed by atoms with Gasteiger partial charge in [0.05, 0.1) is 6.54 Å². The minimum Gasteiger partial charge on any atom is -0.371 e. The first-order chi connectivity index (χ1) is 14.4. The predicted molar refractivity (Wildman–Crippen MR) is 109 cm³/mol. The first-order valence-corrected chi connectivity index (χ1v) is 10.2. The van der Waals surface area contributed by atoms with E-state index in [1.807, 2.05) is 25.7 Å². The molecular weight excluding hydrogens is 409 g/mol. The summed E-state index contributed by atoms with van der Waals surface area (Å²) >= 11 is 0. The van der Waals surface area contributed by atoms with Crippen LogP contribution in [0.5, 0.6) is 0 Å². The maximum atomic E-state index is 13.4. The van der Waals surface area contributed by atoms with Gasteiger partial charge < -0.3 is 14.4 Å². The Labute approximate surface area is 178 Å². The lowest BCUT2D eigenvalue weighted by molar-refractivity contribution is -0.144. The topological polar surface area (TPSA) is 58.4 Å². The van der Waals surface area contributed by atoms with Crippen LogP contribution in [0.4, 0.5) is 18.9 Å². The third kappa shape index (κ3) is 3.59. The standard InChI is InChI=1S/C22H25F3N4O2/c1-13-7-19(30)27(4)17-12-29(11-16(13)17)20(31)21(2,3)14-9-28(10-14)15-5-6-26-18(8-15)22(23,24)25/h5-8,14H,9-12H2,1-4H3. The fourth-order valence-electron chi connectivity index (χ4n) is 4.42. The van der Waals surface area contributed by atoms with Crippen LogP contribution in [0.3, 0.4) is 0 Å². The number of aryl methyl sites for hydroxylation is 1. The largest absolute Gasteiger partial charge is 0.433 e. The molecule has 166 valence electrons. The molecule has 1 amide bonds. The molecule has 0 saturated carbocycles. The number of carbonyl (C=O) groups is 1. The van der Waals surface area contributed by atoms with Crippen molar-refractivity contribution in [2.24, 2.45) is 18.4 Å². The molecule has 0 aromatic carbocycles. The number of carbonyl (C=O) groups excluding carboxylic acids is 1. The summed E-state index contributed by atoms with van der Waals surface area (Å²) in [6.45, 7) is 7.51. The normalized spacial score (nSPS) is 17.0. The number of hydrogen-bond donors (Lipinski definition) is 0. The van der Waals surface area contributed by atoms with Crippen LogP contribution in [-0.2, 0) is 31.1 Å². The summed E-state index contributed by atoms with van der Waals surface area (Å²) in [5, 5.41) is 0. The Morgan fingerprint density at radius 2 is 1.84 bits per heavy atom. The van der Waals surface area contributed by atoms with Crippen LogP contribution in [0.15, 0.2) is 29.2 Å². The van der Waals surface area contributed by atoms with E-state index in [-0.39, 0.29) is 17.4 Å². The Morgan fingerprint density at radius 1 is 1.16 bits per heavy atom. The maximum Gasteiger partial charge on any atom is 0.433 e. The summed E-state index contributed by atoms with van der Waals surface area (Å²) in [5.41, 5.74) is 1.54. The van der Waals surface area contributed by atoms with Crippen LogP contribution >= 0.6 is 0 Å². The number of rotatable bonds is 3. The second-order valence-electron chi connectivity index (χ2n) is 9.03. The summed E-state index contributed by atoms with van der Waals surface area (Å²) in [6.07, 6.45) is -3.33. The van der Waals surface area contributed by atoms with Crippen LogP contribution in [-0.4, -0.2) is 33.4 Å². The van der Waals surface area contributed by atoms with Gasteiger partial charge in [-0.25, -0.2) is 0 Å². The Kier molecular flexibility index (Phi) is 4.90. The van der Waals surface area contributed by atoms with Crippen LogP contribution in [0.1, 0.15) is 36.4 Å². The van der Waals surface area contributed by atoms with Gasteiger partial charge in [0.15, 0.2) is 0 Å². The summed E-state index contributed by atoms with van der Waals surface area (Å²) in [7, 11) is 1.72. The highest BCUT2D eigenvalue weighted by molar-refractivity contribution is 5.83. The molecule has 0 spiro atoms. The molecule has 0 N–H and O–H groups in total. The highest BCUT2D eigenvalue weighted by atomic mass is 19.4. The summed E-state index contributed by atoms with van der Waals surface area (Å²) in [5.74, 6) is 0.00189. The zero-order chi connectivity index (χ0) is 22.7. The molecule has 2 aliphatic rings. The van der Waals surface area contributed by atoms with E-state index in [1.54, 1.807) is 28.6 Å². The van der Waals surface area contributed by atoms with Gasteiger partial charge in [-0.3, -0.25) is 14.6 Å². The first kappa shape index (κ1) is 21.4. The fourth-order valence-corrected chi connectivity index (χ4v) is 4.42. The van der Waals surface area contributed by atoms with Crippen molar-refractivity contribution in [3.63, 3.8) is 0 Å². The molecular formula is C22H25F3N4O2. The highest BCUT2D eigenvalue weighted by Crippen LogP contribution is 2.40. The van der Waals surface area contributed by atoms with Gasteiger partial charge in [0.1, 0.15) is 5.69 Å². The highest BCUT2D eigenvalue weighted by Gasteiger charge is 2.47. The Balaban J connectivity index is 1.46. The quantitative estimate of drug-likeness (QED) is 0.745. The predicted octanol–water partition coefficient (Wildman–Crippen LogP) is 3.11. The average Bonchev–Trinajstić information content (AvgIpc) is 3.10. The zero-order valence-electron chi connectivity index (χ0n) is 18.0. The number of aromatic nitrogens is 2. The van der Waals surface area contributed by atoms with E-state index in [9.17, 15) is 22.8 Å². The number of halogens is 3. The molecule has 2 aromatic heterocycles. The lowest BCUT2D eigenvalue weighted by Gasteiger charge is -2.49. The van der Waals surface area contributed by atoms with E-state index in [0.717, 1.165) is 29.1 Å². The minimum absolute atomic E-state index is 0.00842. The van der Waals surface area contributed by atoms with Crippen LogP contribution < -0.4 is 10.5 Å². The molecule has 0 unspecified atom stereocenters. The van der Waals surface area contributed by atoms with Crippen molar-refractivity contribution in [3.8, 4) is 0 Å². The second kappa shape index (κ2) is 7.10. The van der Waals surface area contributed by atoms with E-state index in [1.165, 1.54) is 0 Å². The van der Waals surface area contributed by atoms with Gasteiger partial charge in [0, 0.05) is 61.7 Å². The second-order valence-corrected chi connectivity index (χ2v) is 9.03. The lowest BCUT2D eigenvalue weighted by atomic mass is 9.73. The van der Waals surface area contributed by atoms with Gasteiger partial charge in [0.25, 0.3) is 5.56 Å². The van der Waals surface area contributed by atoms with E-state index in [2.05, 4.69) is 4.98 Å². The third-order valence-corrected chi connectivity index (χ3v) is 6.73. The van der Waals surface area contributed by atoms with Crippen molar-refractivity contribution in [3.05, 3.63) is 57.3 Å². The molecule has 31 heavy (non-hydrogen) atoms. The van der Waals surface area contributed by atoms with Crippen LogP contribution in [0.2, 0.25) is 0 Å². The molecule has 2 aliphatic heterocycles. The molecule has 0 aliphatic carbocycles. The Bertz CT molecular complexity index is 1100. The summed E-state index contributed by atoms with van der Waals surface area (Å²) in [6, 6.07) is 4.19. The van der Waals surface area contributed by atoms with Crippen molar-refractivity contribution >= 4 is 11.6 Å². The number of pyridine rings is 2. The van der Waals surface area contributed by atoms with E-state index >= 15 is 0 Å².